The number of rotatable bonds is 3. The van der Waals surface area contributed by atoms with E-state index < -0.39 is 0 Å². The van der Waals surface area contributed by atoms with Crippen LogP contribution >= 0.6 is 0 Å². The second-order valence-electron chi connectivity index (χ2n) is 5.99. The van der Waals surface area contributed by atoms with Crippen molar-refractivity contribution in [2.24, 2.45) is 0 Å². The predicted octanol–water partition coefficient (Wildman–Crippen LogP) is 2.86. The van der Waals surface area contributed by atoms with Gasteiger partial charge in [0.1, 0.15) is 0 Å². The van der Waals surface area contributed by atoms with Crippen molar-refractivity contribution < 1.29 is 4.74 Å². The van der Waals surface area contributed by atoms with Crippen molar-refractivity contribution >= 4 is 5.69 Å². The molecular formula is C15H25N3O. The number of anilines is 1. The molecule has 0 amide bonds. The van der Waals surface area contributed by atoms with Gasteiger partial charge in [-0.05, 0) is 44.9 Å². The lowest BCUT2D eigenvalue weighted by Crippen LogP contribution is -2.46. The number of ether oxygens (including phenoxy) is 1. The highest BCUT2D eigenvalue weighted by Gasteiger charge is 2.43. The summed E-state index contributed by atoms with van der Waals surface area (Å²) in [4.78, 5) is 0. The molecule has 1 aromatic rings. The van der Waals surface area contributed by atoms with E-state index in [1.807, 2.05) is 0 Å². The molecule has 1 saturated heterocycles. The first-order chi connectivity index (χ1) is 9.19. The minimum absolute atomic E-state index is 0.168. The third-order valence-electron chi connectivity index (χ3n) is 4.87. The lowest BCUT2D eigenvalue weighted by Gasteiger charge is -2.47. The number of nitrogens with two attached hydrogens (primary N) is 1. The molecule has 2 N–H and O–H groups in total. The third-order valence-corrected chi connectivity index (χ3v) is 4.87. The van der Waals surface area contributed by atoms with Gasteiger partial charge in [0.05, 0.1) is 28.7 Å². The summed E-state index contributed by atoms with van der Waals surface area (Å²) < 4.78 is 8.24. The van der Waals surface area contributed by atoms with E-state index in [2.05, 4.69) is 18.5 Å². The Kier molecular flexibility index (Phi) is 3.29. The molecule has 1 spiro atoms. The molecule has 4 heteroatoms. The minimum Gasteiger partial charge on any atom is -0.396 e. The van der Waals surface area contributed by atoms with E-state index in [0.29, 0.717) is 6.04 Å². The maximum Gasteiger partial charge on any atom is 0.0854 e. The first kappa shape index (κ1) is 13.0. The van der Waals surface area contributed by atoms with Gasteiger partial charge in [0.25, 0.3) is 0 Å². The van der Waals surface area contributed by atoms with E-state index in [4.69, 9.17) is 15.6 Å². The van der Waals surface area contributed by atoms with Gasteiger partial charge in [0.2, 0.25) is 0 Å². The molecule has 1 aliphatic carbocycles. The molecule has 1 unspecified atom stereocenters. The van der Waals surface area contributed by atoms with E-state index in [9.17, 15) is 0 Å². The smallest absolute Gasteiger partial charge is 0.0854 e. The van der Waals surface area contributed by atoms with Gasteiger partial charge >= 0.3 is 0 Å². The van der Waals surface area contributed by atoms with Crippen molar-refractivity contribution in [1.82, 2.24) is 9.78 Å². The molecule has 2 heterocycles. The van der Waals surface area contributed by atoms with Crippen LogP contribution in [-0.4, -0.2) is 22.0 Å². The van der Waals surface area contributed by atoms with Crippen LogP contribution in [-0.2, 0) is 17.6 Å². The van der Waals surface area contributed by atoms with Gasteiger partial charge in [0, 0.05) is 6.61 Å². The zero-order chi connectivity index (χ0) is 13.5. The number of aromatic nitrogens is 2. The fourth-order valence-corrected chi connectivity index (χ4v) is 3.58. The summed E-state index contributed by atoms with van der Waals surface area (Å²) in [6.07, 6.45) is 7.83. The van der Waals surface area contributed by atoms with E-state index in [-0.39, 0.29) is 5.60 Å². The Hall–Kier alpha value is -1.03. The highest BCUT2D eigenvalue weighted by Crippen LogP contribution is 2.46. The van der Waals surface area contributed by atoms with Gasteiger partial charge in [-0.25, -0.2) is 0 Å². The number of hydrogen-bond acceptors (Lipinski definition) is 3. The maximum atomic E-state index is 6.23. The van der Waals surface area contributed by atoms with Crippen LogP contribution in [0.4, 0.5) is 5.69 Å². The summed E-state index contributed by atoms with van der Waals surface area (Å²) in [5.41, 5.74) is 9.60. The van der Waals surface area contributed by atoms with Crippen LogP contribution in [0.5, 0.6) is 0 Å². The molecule has 1 saturated carbocycles. The second-order valence-corrected chi connectivity index (χ2v) is 5.99. The SMILES string of the molecule is CCc1nn(C2CCOC3(CCC3)C2)c(CC)c1N. The third kappa shape index (κ3) is 2.06. The Bertz CT molecular complexity index is 462. The number of nitrogens with zero attached hydrogens (tertiary/aromatic N) is 2. The minimum atomic E-state index is 0.168. The largest absolute Gasteiger partial charge is 0.396 e. The number of nitrogen functional groups attached to an aromatic ring is 1. The van der Waals surface area contributed by atoms with Crippen molar-refractivity contribution in [2.75, 3.05) is 12.3 Å². The standard InChI is InChI=1S/C15H25N3O/c1-3-12-14(16)13(4-2)18(17-12)11-6-9-19-15(10-11)7-5-8-15/h11H,3-10,16H2,1-2H3. The van der Waals surface area contributed by atoms with Gasteiger partial charge in [0.15, 0.2) is 0 Å². The summed E-state index contributed by atoms with van der Waals surface area (Å²) in [5.74, 6) is 0. The van der Waals surface area contributed by atoms with Gasteiger partial charge in [-0.3, -0.25) is 4.68 Å². The Morgan fingerprint density at radius 3 is 2.74 bits per heavy atom. The molecule has 0 radical (unpaired) electrons. The van der Waals surface area contributed by atoms with Crippen LogP contribution < -0.4 is 5.73 Å². The highest BCUT2D eigenvalue weighted by molar-refractivity contribution is 5.48. The molecule has 0 aromatic carbocycles. The summed E-state index contributed by atoms with van der Waals surface area (Å²) in [7, 11) is 0. The molecule has 0 bridgehead atoms. The van der Waals surface area contributed by atoms with Gasteiger partial charge in [-0.1, -0.05) is 13.8 Å². The van der Waals surface area contributed by atoms with E-state index in [1.54, 1.807) is 0 Å². The molecule has 2 fully saturated rings. The number of hydrogen-bond donors (Lipinski definition) is 1. The fourth-order valence-electron chi connectivity index (χ4n) is 3.58. The summed E-state index contributed by atoms with van der Waals surface area (Å²) in [6.45, 7) is 5.16. The summed E-state index contributed by atoms with van der Waals surface area (Å²) in [6, 6.07) is 0.478. The van der Waals surface area contributed by atoms with Crippen molar-refractivity contribution in [3.8, 4) is 0 Å². The van der Waals surface area contributed by atoms with Crippen LogP contribution in [0.2, 0.25) is 0 Å². The molecule has 1 aliphatic heterocycles. The first-order valence-electron chi connectivity index (χ1n) is 7.69. The topological polar surface area (TPSA) is 53.1 Å². The van der Waals surface area contributed by atoms with Gasteiger partial charge in [-0.15, -0.1) is 0 Å². The van der Waals surface area contributed by atoms with Crippen molar-refractivity contribution in [3.63, 3.8) is 0 Å². The van der Waals surface area contributed by atoms with Crippen molar-refractivity contribution in [3.05, 3.63) is 11.4 Å². The normalized spacial score (nSPS) is 25.5. The van der Waals surface area contributed by atoms with E-state index in [0.717, 1.165) is 43.7 Å². The Labute approximate surface area is 115 Å². The summed E-state index contributed by atoms with van der Waals surface area (Å²) >= 11 is 0. The first-order valence-corrected chi connectivity index (χ1v) is 7.69. The van der Waals surface area contributed by atoms with Crippen molar-refractivity contribution in [2.45, 2.75) is 70.4 Å². The summed E-state index contributed by atoms with van der Waals surface area (Å²) in [5, 5.41) is 4.78. The lowest BCUT2D eigenvalue weighted by atomic mass is 9.74. The molecule has 1 atom stereocenters. The van der Waals surface area contributed by atoms with Crippen LogP contribution in [0.15, 0.2) is 0 Å². The zero-order valence-corrected chi connectivity index (χ0v) is 12.1. The molecule has 1 aromatic heterocycles. The predicted molar refractivity (Wildman–Crippen MR) is 76.2 cm³/mol. The average molecular weight is 263 g/mol. The Morgan fingerprint density at radius 2 is 2.16 bits per heavy atom. The fraction of sp³-hybridized carbons (Fsp3) is 0.800. The molecule has 3 rings (SSSR count). The van der Waals surface area contributed by atoms with Crippen LogP contribution in [0.3, 0.4) is 0 Å². The zero-order valence-electron chi connectivity index (χ0n) is 12.1. The van der Waals surface area contributed by atoms with Crippen LogP contribution in [0.1, 0.15) is 63.4 Å². The van der Waals surface area contributed by atoms with Crippen molar-refractivity contribution in [1.29, 1.82) is 0 Å². The van der Waals surface area contributed by atoms with Gasteiger partial charge < -0.3 is 10.5 Å². The Balaban J connectivity index is 1.88. The quantitative estimate of drug-likeness (QED) is 0.912. The monoisotopic (exact) mass is 263 g/mol. The Morgan fingerprint density at radius 1 is 1.37 bits per heavy atom. The molecule has 4 nitrogen and oxygen atoms in total. The molecule has 19 heavy (non-hydrogen) atoms. The average Bonchev–Trinajstić information content (AvgIpc) is 2.73. The van der Waals surface area contributed by atoms with Crippen LogP contribution in [0.25, 0.3) is 0 Å². The maximum absolute atomic E-state index is 6.23. The lowest BCUT2D eigenvalue weighted by molar-refractivity contribution is -0.141. The number of aryl methyl sites for hydroxylation is 1. The van der Waals surface area contributed by atoms with E-state index >= 15 is 0 Å². The highest BCUT2D eigenvalue weighted by atomic mass is 16.5. The molecule has 2 aliphatic rings. The van der Waals surface area contributed by atoms with E-state index in [1.165, 1.54) is 25.0 Å². The molecular weight excluding hydrogens is 238 g/mol. The molecule has 106 valence electrons. The van der Waals surface area contributed by atoms with Gasteiger partial charge in [-0.2, -0.15) is 5.10 Å². The second kappa shape index (κ2) is 4.82. The van der Waals surface area contributed by atoms with Crippen LogP contribution in [0, 0.1) is 0 Å².